The largest absolute Gasteiger partial charge is 0.315 e. The highest BCUT2D eigenvalue weighted by Crippen LogP contribution is 2.40. The number of benzene rings is 1. The molecule has 1 atom stereocenters. The lowest BCUT2D eigenvalue weighted by molar-refractivity contribution is 0.0641. The first-order valence-corrected chi connectivity index (χ1v) is 7.76. The summed E-state index contributed by atoms with van der Waals surface area (Å²) < 4.78 is 25.5. The highest BCUT2D eigenvalue weighted by molar-refractivity contribution is 7.92. The van der Waals surface area contributed by atoms with Crippen molar-refractivity contribution < 1.29 is 8.42 Å². The number of aryl methyl sites for hydroxylation is 2. The van der Waals surface area contributed by atoms with E-state index >= 15 is 0 Å². The molecule has 4 nitrogen and oxygen atoms in total. The molecule has 2 N–H and O–H groups in total. The topological polar surface area (TPSA) is 58.2 Å². The minimum Gasteiger partial charge on any atom is -0.315 e. The maximum Gasteiger partial charge on any atom is 0.195 e. The second-order valence-electron chi connectivity index (χ2n) is 5.49. The van der Waals surface area contributed by atoms with Gasteiger partial charge in [0.15, 0.2) is 9.84 Å². The summed E-state index contributed by atoms with van der Waals surface area (Å²) in [5.74, 6) is 0. The number of sulfone groups is 1. The summed E-state index contributed by atoms with van der Waals surface area (Å²) in [5, 5.41) is 5.86. The molecule has 0 saturated carbocycles. The Labute approximate surface area is 108 Å². The van der Waals surface area contributed by atoms with Gasteiger partial charge in [0.1, 0.15) is 5.37 Å². The van der Waals surface area contributed by atoms with Crippen molar-refractivity contribution >= 4 is 9.84 Å². The summed E-state index contributed by atoms with van der Waals surface area (Å²) in [6, 6.07) is 5.63. The molecule has 0 amide bonds. The normalized spacial score (nSPS) is 25.6. The van der Waals surface area contributed by atoms with Crippen molar-refractivity contribution in [1.29, 1.82) is 0 Å². The number of hydrogen-bond donors (Lipinski definition) is 2. The third-order valence-electron chi connectivity index (χ3n) is 4.15. The molecule has 2 heterocycles. The van der Waals surface area contributed by atoms with E-state index in [4.69, 9.17) is 0 Å². The van der Waals surface area contributed by atoms with Gasteiger partial charge in [0.25, 0.3) is 0 Å². The molecular weight excluding hydrogens is 248 g/mol. The Morgan fingerprint density at radius 1 is 1.17 bits per heavy atom. The van der Waals surface area contributed by atoms with Gasteiger partial charge in [-0.2, -0.15) is 0 Å². The van der Waals surface area contributed by atoms with E-state index in [9.17, 15) is 8.42 Å². The predicted octanol–water partition coefficient (Wildman–Crippen LogP) is 0.596. The van der Waals surface area contributed by atoms with Crippen LogP contribution in [0.5, 0.6) is 0 Å². The Morgan fingerprint density at radius 2 is 1.78 bits per heavy atom. The second-order valence-corrected chi connectivity index (χ2v) is 7.46. The van der Waals surface area contributed by atoms with Gasteiger partial charge in [-0.3, -0.25) is 5.32 Å². The zero-order valence-corrected chi connectivity index (χ0v) is 11.5. The Kier molecular flexibility index (Phi) is 2.56. The lowest BCUT2D eigenvalue weighted by Gasteiger charge is -2.55. The Bertz CT molecular complexity index is 565. The molecule has 98 valence electrons. The third kappa shape index (κ3) is 1.47. The summed E-state index contributed by atoms with van der Waals surface area (Å²) in [4.78, 5) is 0.508. The fourth-order valence-electron chi connectivity index (χ4n) is 3.04. The molecule has 0 aliphatic carbocycles. The van der Waals surface area contributed by atoms with Crippen molar-refractivity contribution in [2.45, 2.75) is 24.1 Å². The van der Waals surface area contributed by atoms with E-state index < -0.39 is 15.2 Å². The number of hydrogen-bond acceptors (Lipinski definition) is 4. The van der Waals surface area contributed by atoms with Gasteiger partial charge in [-0.25, -0.2) is 8.42 Å². The van der Waals surface area contributed by atoms with E-state index in [1.54, 1.807) is 0 Å². The maximum absolute atomic E-state index is 12.8. The van der Waals surface area contributed by atoms with Crippen LogP contribution in [-0.2, 0) is 9.84 Å². The standard InChI is InChI=1S/C13H18N2O2S/c1-9-4-3-5-10(2)11(9)18(16,17)12-13(8-15-12)6-14-7-13/h3-5,12,14-15H,6-8H2,1-2H3. The molecule has 0 aromatic heterocycles. The molecule has 0 radical (unpaired) electrons. The Hall–Kier alpha value is -0.910. The molecule has 5 heteroatoms. The molecule has 18 heavy (non-hydrogen) atoms. The lowest BCUT2D eigenvalue weighted by Crippen LogP contribution is -2.77. The van der Waals surface area contributed by atoms with E-state index in [1.165, 1.54) is 0 Å². The minimum absolute atomic E-state index is 0.0758. The first-order chi connectivity index (χ1) is 8.47. The van der Waals surface area contributed by atoms with Gasteiger partial charge in [-0.1, -0.05) is 18.2 Å². The van der Waals surface area contributed by atoms with Crippen LogP contribution in [0.2, 0.25) is 0 Å². The SMILES string of the molecule is Cc1cccc(C)c1S(=O)(=O)C1NCC12CNC2. The molecule has 1 aromatic carbocycles. The van der Waals surface area contributed by atoms with Crippen molar-refractivity contribution in [2.24, 2.45) is 5.41 Å². The van der Waals surface area contributed by atoms with Crippen LogP contribution >= 0.6 is 0 Å². The third-order valence-corrected chi connectivity index (χ3v) is 6.65. The fourth-order valence-corrected chi connectivity index (χ4v) is 5.52. The van der Waals surface area contributed by atoms with Crippen LogP contribution in [-0.4, -0.2) is 33.4 Å². The number of nitrogens with one attached hydrogen (secondary N) is 2. The molecule has 2 aliphatic heterocycles. The summed E-state index contributed by atoms with van der Waals surface area (Å²) >= 11 is 0. The van der Waals surface area contributed by atoms with Crippen molar-refractivity contribution in [3.8, 4) is 0 Å². The van der Waals surface area contributed by atoms with E-state index in [0.29, 0.717) is 4.90 Å². The summed E-state index contributed by atoms with van der Waals surface area (Å²) in [7, 11) is -3.28. The van der Waals surface area contributed by atoms with Gasteiger partial charge < -0.3 is 5.32 Å². The van der Waals surface area contributed by atoms with Crippen molar-refractivity contribution in [2.75, 3.05) is 19.6 Å². The maximum atomic E-state index is 12.8. The average Bonchev–Trinajstić information content (AvgIpc) is 2.11. The van der Waals surface area contributed by atoms with Crippen LogP contribution in [0.4, 0.5) is 0 Å². The fraction of sp³-hybridized carbons (Fsp3) is 0.538. The van der Waals surface area contributed by atoms with E-state index in [-0.39, 0.29) is 5.41 Å². The predicted molar refractivity (Wildman–Crippen MR) is 70.2 cm³/mol. The molecular formula is C13H18N2O2S. The molecule has 3 rings (SSSR count). The van der Waals surface area contributed by atoms with Gasteiger partial charge in [-0.15, -0.1) is 0 Å². The zero-order valence-electron chi connectivity index (χ0n) is 10.7. The van der Waals surface area contributed by atoms with Gasteiger partial charge >= 0.3 is 0 Å². The summed E-state index contributed by atoms with van der Waals surface area (Å²) in [5.41, 5.74) is 1.60. The number of rotatable bonds is 2. The molecule has 2 fully saturated rings. The second kappa shape index (κ2) is 3.79. The highest BCUT2D eigenvalue weighted by Gasteiger charge is 2.57. The Morgan fingerprint density at radius 3 is 2.17 bits per heavy atom. The van der Waals surface area contributed by atoms with Crippen molar-refractivity contribution in [3.05, 3.63) is 29.3 Å². The summed E-state index contributed by atoms with van der Waals surface area (Å²) in [6.07, 6.45) is 0. The molecule has 2 aliphatic rings. The minimum atomic E-state index is -3.28. The molecule has 1 unspecified atom stereocenters. The molecule has 0 bridgehead atoms. The lowest BCUT2D eigenvalue weighted by atomic mass is 9.76. The monoisotopic (exact) mass is 266 g/mol. The first-order valence-electron chi connectivity index (χ1n) is 6.22. The van der Waals surface area contributed by atoms with E-state index in [1.807, 2.05) is 32.0 Å². The van der Waals surface area contributed by atoms with Gasteiger partial charge in [0, 0.05) is 25.0 Å². The van der Waals surface area contributed by atoms with Gasteiger partial charge in [0.2, 0.25) is 0 Å². The average molecular weight is 266 g/mol. The Balaban J connectivity index is 2.05. The van der Waals surface area contributed by atoms with Gasteiger partial charge in [-0.05, 0) is 25.0 Å². The molecule has 1 spiro atoms. The van der Waals surface area contributed by atoms with Crippen LogP contribution in [0.3, 0.4) is 0 Å². The van der Waals surface area contributed by atoms with Crippen LogP contribution in [0.1, 0.15) is 11.1 Å². The van der Waals surface area contributed by atoms with Crippen LogP contribution in [0.15, 0.2) is 23.1 Å². The van der Waals surface area contributed by atoms with Crippen molar-refractivity contribution in [1.82, 2.24) is 10.6 Å². The smallest absolute Gasteiger partial charge is 0.195 e. The first kappa shape index (κ1) is 12.1. The van der Waals surface area contributed by atoms with Crippen LogP contribution in [0, 0.1) is 19.3 Å². The van der Waals surface area contributed by atoms with E-state index in [2.05, 4.69) is 10.6 Å². The highest BCUT2D eigenvalue weighted by atomic mass is 32.2. The molecule has 2 saturated heterocycles. The van der Waals surface area contributed by atoms with Crippen LogP contribution < -0.4 is 10.6 Å². The van der Waals surface area contributed by atoms with Crippen molar-refractivity contribution in [3.63, 3.8) is 0 Å². The van der Waals surface area contributed by atoms with Crippen LogP contribution in [0.25, 0.3) is 0 Å². The summed E-state index contributed by atoms with van der Waals surface area (Å²) in [6.45, 7) is 6.13. The van der Waals surface area contributed by atoms with Gasteiger partial charge in [0.05, 0.1) is 4.90 Å². The quantitative estimate of drug-likeness (QED) is 0.823. The van der Waals surface area contributed by atoms with E-state index in [0.717, 1.165) is 30.8 Å². The zero-order chi connectivity index (χ0) is 13.0. The molecule has 1 aromatic rings.